The van der Waals surface area contributed by atoms with Crippen molar-refractivity contribution < 1.29 is 19.1 Å². The lowest BCUT2D eigenvalue weighted by molar-refractivity contribution is -0.146. The second-order valence-corrected chi connectivity index (χ2v) is 5.39. The number of piperidine rings is 1. The van der Waals surface area contributed by atoms with Gasteiger partial charge in [-0.15, -0.1) is 0 Å². The van der Waals surface area contributed by atoms with Crippen LogP contribution in [0.2, 0.25) is 5.02 Å². The molecule has 1 unspecified atom stereocenters. The molecule has 114 valence electrons. The van der Waals surface area contributed by atoms with Crippen molar-refractivity contribution in [3.63, 3.8) is 0 Å². The van der Waals surface area contributed by atoms with Gasteiger partial charge in [0, 0.05) is 18.1 Å². The topological polar surface area (TPSA) is 55.8 Å². The van der Waals surface area contributed by atoms with Crippen LogP contribution < -0.4 is 4.74 Å². The van der Waals surface area contributed by atoms with Gasteiger partial charge in [-0.05, 0) is 31.0 Å². The lowest BCUT2D eigenvalue weighted by Crippen LogP contribution is -2.42. The van der Waals surface area contributed by atoms with Crippen molar-refractivity contribution in [2.75, 3.05) is 27.3 Å². The lowest BCUT2D eigenvalue weighted by atomic mass is 9.97. The van der Waals surface area contributed by atoms with E-state index in [1.807, 2.05) is 0 Å². The monoisotopic (exact) mass is 311 g/mol. The predicted octanol–water partition coefficient (Wildman–Crippen LogP) is 2.37. The van der Waals surface area contributed by atoms with E-state index in [2.05, 4.69) is 0 Å². The molecule has 1 aliphatic heterocycles. The highest BCUT2D eigenvalue weighted by Crippen LogP contribution is 2.26. The number of hydrogen-bond donors (Lipinski definition) is 0. The molecule has 0 N–H and O–H groups in total. The fourth-order valence-electron chi connectivity index (χ4n) is 2.54. The third-order valence-electron chi connectivity index (χ3n) is 3.64. The molecule has 1 amide bonds. The second kappa shape index (κ2) is 6.80. The first-order valence-electron chi connectivity index (χ1n) is 6.77. The molecular formula is C15H18ClNO4. The number of nitrogens with zero attached hydrogens (tertiary/aromatic N) is 1. The number of carbonyl (C=O) groups excluding carboxylic acids is 2. The van der Waals surface area contributed by atoms with Crippen molar-refractivity contribution >= 4 is 23.5 Å². The summed E-state index contributed by atoms with van der Waals surface area (Å²) in [5.74, 6) is -0.240. The summed E-state index contributed by atoms with van der Waals surface area (Å²) in [5, 5.41) is 0.473. The van der Waals surface area contributed by atoms with Gasteiger partial charge in [-0.3, -0.25) is 9.59 Å². The predicted molar refractivity (Wildman–Crippen MR) is 78.6 cm³/mol. The largest absolute Gasteiger partial charge is 0.496 e. The molecular weight excluding hydrogens is 294 g/mol. The summed E-state index contributed by atoms with van der Waals surface area (Å²) in [6.07, 6.45) is 1.51. The zero-order valence-electron chi connectivity index (χ0n) is 12.1. The van der Waals surface area contributed by atoms with E-state index in [1.54, 1.807) is 23.1 Å². The highest BCUT2D eigenvalue weighted by Gasteiger charge is 2.30. The summed E-state index contributed by atoms with van der Waals surface area (Å²) >= 11 is 5.96. The maximum absolute atomic E-state index is 12.6. The van der Waals surface area contributed by atoms with Gasteiger partial charge in [-0.25, -0.2) is 0 Å². The molecule has 0 spiro atoms. The van der Waals surface area contributed by atoms with Crippen LogP contribution in [0.15, 0.2) is 18.2 Å². The SMILES string of the molecule is COC(=O)C1CCCN(C(=O)c2cc(Cl)ccc2OC)C1. The Morgan fingerprint density at radius 1 is 1.33 bits per heavy atom. The zero-order valence-corrected chi connectivity index (χ0v) is 12.9. The number of hydrogen-bond acceptors (Lipinski definition) is 4. The number of ether oxygens (including phenoxy) is 2. The molecule has 0 aromatic heterocycles. The van der Waals surface area contributed by atoms with Gasteiger partial charge in [-0.1, -0.05) is 11.6 Å². The van der Waals surface area contributed by atoms with Gasteiger partial charge >= 0.3 is 5.97 Å². The highest BCUT2D eigenvalue weighted by atomic mass is 35.5. The van der Waals surface area contributed by atoms with Crippen LogP contribution in [-0.4, -0.2) is 44.1 Å². The molecule has 1 aliphatic rings. The Hall–Kier alpha value is -1.75. The quantitative estimate of drug-likeness (QED) is 0.804. The van der Waals surface area contributed by atoms with Crippen LogP contribution in [0.5, 0.6) is 5.75 Å². The van der Waals surface area contributed by atoms with Crippen LogP contribution in [0.25, 0.3) is 0 Å². The van der Waals surface area contributed by atoms with Gasteiger partial charge in [0.25, 0.3) is 5.91 Å². The Morgan fingerprint density at radius 2 is 2.10 bits per heavy atom. The molecule has 21 heavy (non-hydrogen) atoms. The Kier molecular flexibility index (Phi) is 5.07. The van der Waals surface area contributed by atoms with Crippen LogP contribution in [0.4, 0.5) is 0 Å². The van der Waals surface area contributed by atoms with Gasteiger partial charge in [0.2, 0.25) is 0 Å². The molecule has 6 heteroatoms. The number of esters is 1. The van der Waals surface area contributed by atoms with Crippen molar-refractivity contribution in [2.45, 2.75) is 12.8 Å². The maximum Gasteiger partial charge on any atom is 0.310 e. The fourth-order valence-corrected chi connectivity index (χ4v) is 2.71. The number of rotatable bonds is 3. The maximum atomic E-state index is 12.6. The van der Waals surface area contributed by atoms with Crippen LogP contribution in [0.1, 0.15) is 23.2 Å². The number of likely N-dealkylation sites (tertiary alicyclic amines) is 1. The number of halogens is 1. The van der Waals surface area contributed by atoms with Crippen LogP contribution >= 0.6 is 11.6 Å². The van der Waals surface area contributed by atoms with Gasteiger partial charge < -0.3 is 14.4 Å². The summed E-state index contributed by atoms with van der Waals surface area (Å²) in [5.41, 5.74) is 0.413. The average Bonchev–Trinajstić information content (AvgIpc) is 2.53. The Morgan fingerprint density at radius 3 is 2.76 bits per heavy atom. The van der Waals surface area contributed by atoms with Crippen molar-refractivity contribution in [3.8, 4) is 5.75 Å². The van der Waals surface area contributed by atoms with Gasteiger partial charge in [0.1, 0.15) is 5.75 Å². The summed E-state index contributed by atoms with van der Waals surface area (Å²) in [6.45, 7) is 0.975. The molecule has 1 heterocycles. The van der Waals surface area contributed by atoms with Gasteiger partial charge in [0.05, 0.1) is 25.7 Å². The normalized spacial score (nSPS) is 18.2. The van der Waals surface area contributed by atoms with E-state index < -0.39 is 0 Å². The fraction of sp³-hybridized carbons (Fsp3) is 0.467. The summed E-state index contributed by atoms with van der Waals surface area (Å²) < 4.78 is 9.97. The minimum absolute atomic E-state index is 0.178. The van der Waals surface area contributed by atoms with Crippen LogP contribution in [-0.2, 0) is 9.53 Å². The third kappa shape index (κ3) is 3.47. The van der Waals surface area contributed by atoms with Gasteiger partial charge in [0.15, 0.2) is 0 Å². The van der Waals surface area contributed by atoms with Crippen LogP contribution in [0.3, 0.4) is 0 Å². The second-order valence-electron chi connectivity index (χ2n) is 4.96. The Bertz CT molecular complexity index is 546. The molecule has 0 radical (unpaired) electrons. The lowest BCUT2D eigenvalue weighted by Gasteiger charge is -2.31. The minimum atomic E-state index is -0.273. The average molecular weight is 312 g/mol. The molecule has 0 bridgehead atoms. The van der Waals surface area contributed by atoms with Crippen molar-refractivity contribution in [2.24, 2.45) is 5.92 Å². The standard InChI is InChI=1S/C15H18ClNO4/c1-20-13-6-5-11(16)8-12(13)14(18)17-7-3-4-10(9-17)15(19)21-2/h5-6,8,10H,3-4,7,9H2,1-2H3. The molecule has 0 aliphatic carbocycles. The highest BCUT2D eigenvalue weighted by molar-refractivity contribution is 6.31. The zero-order chi connectivity index (χ0) is 15.4. The van der Waals surface area contributed by atoms with E-state index in [0.29, 0.717) is 29.4 Å². The molecule has 1 saturated heterocycles. The van der Waals surface area contributed by atoms with E-state index in [4.69, 9.17) is 21.1 Å². The molecule has 5 nitrogen and oxygen atoms in total. The van der Waals surface area contributed by atoms with E-state index in [1.165, 1.54) is 14.2 Å². The van der Waals surface area contributed by atoms with Gasteiger partial charge in [-0.2, -0.15) is 0 Å². The molecule has 1 aromatic rings. The molecule has 1 aromatic carbocycles. The third-order valence-corrected chi connectivity index (χ3v) is 3.87. The van der Waals surface area contributed by atoms with Crippen LogP contribution in [0, 0.1) is 5.92 Å². The Balaban J connectivity index is 2.19. The number of methoxy groups -OCH3 is 2. The smallest absolute Gasteiger partial charge is 0.310 e. The number of carbonyl (C=O) groups is 2. The number of amides is 1. The first kappa shape index (κ1) is 15.6. The van der Waals surface area contributed by atoms with Crippen molar-refractivity contribution in [1.82, 2.24) is 4.90 Å². The minimum Gasteiger partial charge on any atom is -0.496 e. The molecule has 2 rings (SSSR count). The van der Waals surface area contributed by atoms with E-state index >= 15 is 0 Å². The summed E-state index contributed by atoms with van der Waals surface area (Å²) in [6, 6.07) is 4.92. The summed E-state index contributed by atoms with van der Waals surface area (Å²) in [4.78, 5) is 25.9. The van der Waals surface area contributed by atoms with E-state index in [-0.39, 0.29) is 17.8 Å². The van der Waals surface area contributed by atoms with E-state index in [0.717, 1.165) is 12.8 Å². The van der Waals surface area contributed by atoms with Crippen molar-refractivity contribution in [3.05, 3.63) is 28.8 Å². The Labute approximate surface area is 128 Å². The molecule has 1 fully saturated rings. The number of benzene rings is 1. The molecule has 1 atom stereocenters. The first-order valence-corrected chi connectivity index (χ1v) is 7.15. The van der Waals surface area contributed by atoms with E-state index in [9.17, 15) is 9.59 Å². The summed E-state index contributed by atoms with van der Waals surface area (Å²) in [7, 11) is 2.87. The van der Waals surface area contributed by atoms with Crippen molar-refractivity contribution in [1.29, 1.82) is 0 Å². The molecule has 0 saturated carbocycles. The first-order chi connectivity index (χ1) is 10.1.